The highest BCUT2D eigenvalue weighted by molar-refractivity contribution is 7.82. The number of hydrogen-bond donors (Lipinski definition) is 0. The van der Waals surface area contributed by atoms with E-state index in [0.717, 1.165) is 47.7 Å². The molecule has 0 spiro atoms. The van der Waals surface area contributed by atoms with Crippen molar-refractivity contribution in [2.24, 2.45) is 0 Å². The zero-order chi connectivity index (χ0) is 28.8. The summed E-state index contributed by atoms with van der Waals surface area (Å²) in [6.07, 6.45) is 3.48. The van der Waals surface area contributed by atoms with Crippen molar-refractivity contribution in [3.05, 3.63) is 23.3 Å². The van der Waals surface area contributed by atoms with Gasteiger partial charge < -0.3 is 19.3 Å². The number of ether oxygens (including phenoxy) is 2. The van der Waals surface area contributed by atoms with Crippen LogP contribution in [0.2, 0.25) is 0 Å². The number of likely N-dealkylation sites (N-methyl/N-ethyl adjacent to an activating group) is 2. The number of amides is 1. The highest BCUT2D eigenvalue weighted by Gasteiger charge is 2.34. The van der Waals surface area contributed by atoms with Gasteiger partial charge in [-0.1, -0.05) is 27.7 Å². The number of rotatable bonds is 9. The minimum atomic E-state index is -1.08. The van der Waals surface area contributed by atoms with Gasteiger partial charge in [0.1, 0.15) is 23.3 Å². The van der Waals surface area contributed by atoms with Crippen LogP contribution < -0.4 is 4.74 Å². The number of benzene rings is 1. The average molecular weight is 555 g/mol. The standard InChI is InChI=1S/C15H29N3O2.C12H19NO2S.C2H6/c1-4-17-7-9-18(10-8-17)14-6-5-13(11-14)16(2)15(19)12-20-3;1-6-13(4)16(14)12-9(2)7-11(15-5)8-10(12)3;1-2/h13-14H,4-12H2,1-3H3;7-8H,6H2,1-5H3;1-2H3/t13?,14-;;/m0../s1. The molecule has 1 saturated heterocycles. The Bertz CT molecular complexity index is 838. The normalized spacial score (nSPS) is 20.7. The quantitative estimate of drug-likeness (QED) is 0.460. The van der Waals surface area contributed by atoms with Gasteiger partial charge in [-0.3, -0.25) is 9.69 Å². The Balaban J connectivity index is 0.000000365. The number of hydrogen-bond acceptors (Lipinski definition) is 6. The average Bonchev–Trinajstić information content (AvgIpc) is 3.43. The molecule has 1 heterocycles. The molecule has 9 heteroatoms. The number of carbonyl (C=O) groups excluding carboxylic acids is 1. The zero-order valence-corrected chi connectivity index (χ0v) is 26.5. The van der Waals surface area contributed by atoms with Crippen molar-refractivity contribution in [3.63, 3.8) is 0 Å². The van der Waals surface area contributed by atoms with Crippen molar-refractivity contribution in [3.8, 4) is 5.75 Å². The third-order valence-electron chi connectivity index (χ3n) is 7.53. The molecule has 2 aliphatic rings. The van der Waals surface area contributed by atoms with E-state index in [1.807, 2.05) is 70.1 Å². The molecule has 2 unspecified atom stereocenters. The molecule has 1 aliphatic heterocycles. The lowest BCUT2D eigenvalue weighted by molar-refractivity contribution is -0.135. The van der Waals surface area contributed by atoms with E-state index < -0.39 is 11.0 Å². The molecule has 1 saturated carbocycles. The first-order valence-electron chi connectivity index (χ1n) is 14.2. The van der Waals surface area contributed by atoms with Crippen LogP contribution in [0.1, 0.15) is 58.1 Å². The van der Waals surface area contributed by atoms with Gasteiger partial charge in [0.05, 0.1) is 12.0 Å². The molecule has 0 bridgehead atoms. The summed E-state index contributed by atoms with van der Waals surface area (Å²) >= 11 is 0. The molecule has 1 aliphatic carbocycles. The number of piperazine rings is 1. The van der Waals surface area contributed by atoms with Crippen LogP contribution in [0.25, 0.3) is 0 Å². The van der Waals surface area contributed by atoms with E-state index in [1.165, 1.54) is 32.6 Å². The molecule has 2 fully saturated rings. The summed E-state index contributed by atoms with van der Waals surface area (Å²) in [5.41, 5.74) is 2.02. The fourth-order valence-corrected chi connectivity index (χ4v) is 6.28. The van der Waals surface area contributed by atoms with Gasteiger partial charge in [-0.05, 0) is 62.9 Å². The molecule has 220 valence electrons. The summed E-state index contributed by atoms with van der Waals surface area (Å²) in [6.45, 7) is 19.0. The lowest BCUT2D eigenvalue weighted by atomic mass is 10.1. The molecular weight excluding hydrogens is 500 g/mol. The topological polar surface area (TPSA) is 65.6 Å². The largest absolute Gasteiger partial charge is 0.497 e. The fraction of sp³-hybridized carbons (Fsp3) is 0.759. The third kappa shape index (κ3) is 9.90. The van der Waals surface area contributed by atoms with Gasteiger partial charge in [0.25, 0.3) is 0 Å². The Kier molecular flexibility index (Phi) is 16.3. The summed E-state index contributed by atoms with van der Waals surface area (Å²) in [4.78, 5) is 19.8. The van der Waals surface area contributed by atoms with E-state index in [2.05, 4.69) is 16.7 Å². The molecule has 38 heavy (non-hydrogen) atoms. The van der Waals surface area contributed by atoms with Gasteiger partial charge in [-0.25, -0.2) is 8.51 Å². The Hall–Kier alpha value is -1.52. The van der Waals surface area contributed by atoms with Gasteiger partial charge in [0.15, 0.2) is 0 Å². The van der Waals surface area contributed by atoms with E-state index in [-0.39, 0.29) is 12.5 Å². The Morgan fingerprint density at radius 3 is 2.08 bits per heavy atom. The van der Waals surface area contributed by atoms with Crippen LogP contribution in [0.5, 0.6) is 5.75 Å². The molecule has 0 radical (unpaired) electrons. The molecule has 8 nitrogen and oxygen atoms in total. The number of aryl methyl sites for hydroxylation is 2. The lowest BCUT2D eigenvalue weighted by Crippen LogP contribution is -2.50. The molecule has 1 amide bonds. The SMILES string of the molecule is CC.CCN(C)S(=O)c1c(C)cc(OC)cc1C.CCN1CCN([C@H]2CCC(N(C)C(=O)COC)C2)CC1. The molecule has 1 aromatic carbocycles. The van der Waals surface area contributed by atoms with Gasteiger partial charge >= 0.3 is 0 Å². The number of nitrogens with zero attached hydrogens (tertiary/aromatic N) is 4. The summed E-state index contributed by atoms with van der Waals surface area (Å²) < 4.78 is 24.2. The van der Waals surface area contributed by atoms with Crippen LogP contribution in [-0.4, -0.2) is 115 Å². The molecule has 3 rings (SSSR count). The molecule has 1 aromatic rings. The Morgan fingerprint density at radius 2 is 1.61 bits per heavy atom. The maximum Gasteiger partial charge on any atom is 0.248 e. The fourth-order valence-electron chi connectivity index (χ4n) is 5.07. The molecule has 0 aromatic heterocycles. The number of carbonyl (C=O) groups is 1. The van der Waals surface area contributed by atoms with Gasteiger partial charge in [0, 0.05) is 66.0 Å². The van der Waals surface area contributed by atoms with Crippen molar-refractivity contribution in [2.75, 3.05) is 74.2 Å². The minimum Gasteiger partial charge on any atom is -0.497 e. The van der Waals surface area contributed by atoms with Crippen LogP contribution in [0.15, 0.2) is 17.0 Å². The summed E-state index contributed by atoms with van der Waals surface area (Å²) in [7, 11) is 5.92. The first kappa shape index (κ1) is 34.5. The van der Waals surface area contributed by atoms with Crippen LogP contribution in [0.3, 0.4) is 0 Å². The second-order valence-electron chi connectivity index (χ2n) is 9.81. The van der Waals surface area contributed by atoms with Gasteiger partial charge in [0.2, 0.25) is 5.91 Å². The van der Waals surface area contributed by atoms with Crippen LogP contribution >= 0.6 is 0 Å². The highest BCUT2D eigenvalue weighted by atomic mass is 32.2. The van der Waals surface area contributed by atoms with E-state index in [0.29, 0.717) is 12.1 Å². The van der Waals surface area contributed by atoms with Gasteiger partial charge in [-0.2, -0.15) is 0 Å². The van der Waals surface area contributed by atoms with Crippen LogP contribution in [-0.2, 0) is 20.5 Å². The molecule has 0 N–H and O–H groups in total. The van der Waals surface area contributed by atoms with E-state index >= 15 is 0 Å². The smallest absolute Gasteiger partial charge is 0.248 e. The van der Waals surface area contributed by atoms with Crippen LogP contribution in [0, 0.1) is 13.8 Å². The predicted octanol–water partition coefficient (Wildman–Crippen LogP) is 3.96. The van der Waals surface area contributed by atoms with E-state index in [1.54, 1.807) is 14.2 Å². The first-order chi connectivity index (χ1) is 18.2. The Morgan fingerprint density at radius 1 is 1.03 bits per heavy atom. The monoisotopic (exact) mass is 554 g/mol. The minimum absolute atomic E-state index is 0.106. The van der Waals surface area contributed by atoms with Crippen molar-refractivity contribution in [1.29, 1.82) is 0 Å². The lowest BCUT2D eigenvalue weighted by Gasteiger charge is -2.38. The van der Waals surface area contributed by atoms with Crippen LogP contribution in [0.4, 0.5) is 0 Å². The maximum absolute atomic E-state index is 12.2. The third-order valence-corrected chi connectivity index (χ3v) is 9.35. The summed E-state index contributed by atoms with van der Waals surface area (Å²) in [6, 6.07) is 4.90. The Labute approximate surface area is 235 Å². The van der Waals surface area contributed by atoms with Crippen molar-refractivity contribution in [1.82, 2.24) is 19.0 Å². The van der Waals surface area contributed by atoms with Crippen molar-refractivity contribution in [2.45, 2.75) is 77.8 Å². The first-order valence-corrected chi connectivity index (χ1v) is 15.3. The molecule has 3 atom stereocenters. The number of methoxy groups -OCH3 is 2. The zero-order valence-electron chi connectivity index (χ0n) is 25.7. The van der Waals surface area contributed by atoms with Crippen molar-refractivity contribution >= 4 is 16.9 Å². The maximum atomic E-state index is 12.2. The highest BCUT2D eigenvalue weighted by Crippen LogP contribution is 2.28. The second kappa shape index (κ2) is 17.9. The van der Waals surface area contributed by atoms with E-state index in [4.69, 9.17) is 9.47 Å². The predicted molar refractivity (Wildman–Crippen MR) is 158 cm³/mol. The summed E-state index contributed by atoms with van der Waals surface area (Å²) in [5, 5.41) is 0. The summed E-state index contributed by atoms with van der Waals surface area (Å²) in [5.74, 6) is 0.920. The molecular formula is C29H54N4O4S. The van der Waals surface area contributed by atoms with Crippen molar-refractivity contribution < 1.29 is 18.5 Å². The van der Waals surface area contributed by atoms with Gasteiger partial charge in [-0.15, -0.1) is 0 Å². The van der Waals surface area contributed by atoms with E-state index in [9.17, 15) is 9.00 Å². The second-order valence-corrected chi connectivity index (χ2v) is 11.3.